The van der Waals surface area contributed by atoms with Crippen molar-refractivity contribution in [1.82, 2.24) is 14.8 Å². The first-order valence-electron chi connectivity index (χ1n) is 4.47. The monoisotopic (exact) mass is 234 g/mol. The van der Waals surface area contributed by atoms with E-state index < -0.39 is 5.82 Å². The summed E-state index contributed by atoms with van der Waals surface area (Å²) in [5.74, 6) is 0.111. The smallest absolute Gasteiger partial charge is 0.199 e. The van der Waals surface area contributed by atoms with Crippen molar-refractivity contribution in [3.63, 3.8) is 0 Å². The molecule has 1 aromatic carbocycles. The number of hydrogen-bond donors (Lipinski definition) is 1. The van der Waals surface area contributed by atoms with Gasteiger partial charge < -0.3 is 0 Å². The number of nitrogens with one attached hydrogen (secondary N) is 1. The number of aromatic nitrogens is 3. The Morgan fingerprint density at radius 2 is 2.31 bits per heavy atom. The molecule has 0 bridgehead atoms. The van der Waals surface area contributed by atoms with E-state index in [1.54, 1.807) is 23.6 Å². The number of nitrogens with zero attached hydrogens (tertiary/aromatic N) is 3. The van der Waals surface area contributed by atoms with Crippen LogP contribution in [0, 0.1) is 28.8 Å². The topological polar surface area (TPSA) is 57.4 Å². The van der Waals surface area contributed by atoms with E-state index in [1.165, 1.54) is 12.1 Å². The van der Waals surface area contributed by atoms with E-state index in [0.717, 1.165) is 0 Å². The third-order valence-corrected chi connectivity index (χ3v) is 2.44. The van der Waals surface area contributed by atoms with E-state index in [-0.39, 0.29) is 5.56 Å². The van der Waals surface area contributed by atoms with Gasteiger partial charge in [-0.25, -0.2) is 4.39 Å². The molecule has 4 nitrogen and oxygen atoms in total. The second kappa shape index (κ2) is 3.87. The molecule has 0 aliphatic carbocycles. The van der Waals surface area contributed by atoms with Gasteiger partial charge in [0, 0.05) is 0 Å². The van der Waals surface area contributed by atoms with Crippen LogP contribution in [-0.2, 0) is 0 Å². The van der Waals surface area contributed by atoms with Gasteiger partial charge in [0.25, 0.3) is 0 Å². The minimum atomic E-state index is -0.543. The summed E-state index contributed by atoms with van der Waals surface area (Å²) < 4.78 is 15.2. The molecule has 2 aromatic rings. The Labute approximate surface area is 96.0 Å². The van der Waals surface area contributed by atoms with Crippen LogP contribution in [0.2, 0.25) is 0 Å². The summed E-state index contributed by atoms with van der Waals surface area (Å²) in [7, 11) is 0. The van der Waals surface area contributed by atoms with Crippen LogP contribution in [0.15, 0.2) is 18.2 Å². The minimum absolute atomic E-state index is 0.0139. The molecular weight excluding hydrogens is 227 g/mol. The molecule has 0 radical (unpaired) electrons. The molecule has 1 N–H and O–H groups in total. The third-order valence-electron chi connectivity index (χ3n) is 2.17. The fraction of sp³-hybridized carbons (Fsp3) is 0.100. The van der Waals surface area contributed by atoms with E-state index in [0.29, 0.717) is 16.3 Å². The Kier molecular flexibility index (Phi) is 2.54. The van der Waals surface area contributed by atoms with Crippen LogP contribution >= 0.6 is 12.2 Å². The van der Waals surface area contributed by atoms with E-state index in [1.807, 2.05) is 0 Å². The summed E-state index contributed by atoms with van der Waals surface area (Å²) in [4.78, 5) is 0. The summed E-state index contributed by atoms with van der Waals surface area (Å²) in [5, 5.41) is 15.3. The lowest BCUT2D eigenvalue weighted by Gasteiger charge is -2.04. The Morgan fingerprint density at radius 1 is 1.56 bits per heavy atom. The van der Waals surface area contributed by atoms with Crippen molar-refractivity contribution in [2.45, 2.75) is 6.92 Å². The second-order valence-corrected chi connectivity index (χ2v) is 3.57. The zero-order valence-electron chi connectivity index (χ0n) is 8.36. The van der Waals surface area contributed by atoms with Crippen molar-refractivity contribution in [2.24, 2.45) is 0 Å². The first-order chi connectivity index (χ1) is 7.63. The van der Waals surface area contributed by atoms with Crippen molar-refractivity contribution in [2.75, 3.05) is 0 Å². The van der Waals surface area contributed by atoms with Crippen molar-refractivity contribution >= 4 is 12.2 Å². The highest BCUT2D eigenvalue weighted by Gasteiger charge is 2.07. The number of H-pyrrole nitrogens is 1. The minimum Gasteiger partial charge on any atom is -0.272 e. The molecule has 0 saturated heterocycles. The van der Waals surface area contributed by atoms with Gasteiger partial charge >= 0.3 is 0 Å². The maximum absolute atomic E-state index is 13.1. The van der Waals surface area contributed by atoms with Crippen LogP contribution in [0.3, 0.4) is 0 Å². The normalized spacial score (nSPS) is 10.1. The first kappa shape index (κ1) is 10.5. The maximum atomic E-state index is 13.1. The number of aryl methyl sites for hydroxylation is 1. The lowest BCUT2D eigenvalue weighted by Crippen LogP contribution is -1.98. The Morgan fingerprint density at radius 3 is 2.88 bits per heavy atom. The summed E-state index contributed by atoms with van der Waals surface area (Å²) in [6.07, 6.45) is 0. The van der Waals surface area contributed by atoms with E-state index in [4.69, 9.17) is 17.5 Å². The standard InChI is InChI=1S/C10H7FN4S/c1-6-13-14-10(16)15(6)8-2-3-9(11)7(4-8)5-12/h2-4H,1H3,(H,14,16). The van der Waals surface area contributed by atoms with Gasteiger partial charge in [0.15, 0.2) is 4.77 Å². The highest BCUT2D eigenvalue weighted by Crippen LogP contribution is 2.15. The molecule has 1 aromatic heterocycles. The van der Waals surface area contributed by atoms with Crippen LogP contribution in [-0.4, -0.2) is 14.8 Å². The van der Waals surface area contributed by atoms with Gasteiger partial charge in [-0.1, -0.05) is 0 Å². The number of nitriles is 1. The highest BCUT2D eigenvalue weighted by molar-refractivity contribution is 7.71. The van der Waals surface area contributed by atoms with Crippen molar-refractivity contribution in [3.8, 4) is 11.8 Å². The van der Waals surface area contributed by atoms with Gasteiger partial charge in [0.2, 0.25) is 0 Å². The molecule has 0 atom stereocenters. The second-order valence-electron chi connectivity index (χ2n) is 3.19. The van der Waals surface area contributed by atoms with Gasteiger partial charge in [0.05, 0.1) is 11.3 Å². The molecule has 0 spiro atoms. The lowest BCUT2D eigenvalue weighted by atomic mass is 10.2. The van der Waals surface area contributed by atoms with Crippen LogP contribution in [0.5, 0.6) is 0 Å². The van der Waals surface area contributed by atoms with Gasteiger partial charge in [0.1, 0.15) is 17.7 Å². The fourth-order valence-electron chi connectivity index (χ4n) is 1.42. The molecular formula is C10H7FN4S. The Balaban J connectivity index is 2.67. The fourth-order valence-corrected chi connectivity index (χ4v) is 1.70. The molecule has 0 saturated carbocycles. The summed E-state index contributed by atoms with van der Waals surface area (Å²) in [5.41, 5.74) is 0.606. The molecule has 0 unspecified atom stereocenters. The largest absolute Gasteiger partial charge is 0.272 e. The number of rotatable bonds is 1. The number of hydrogen-bond acceptors (Lipinski definition) is 3. The molecule has 16 heavy (non-hydrogen) atoms. The Bertz CT molecular complexity index is 635. The molecule has 0 aliphatic rings. The highest BCUT2D eigenvalue weighted by atomic mass is 32.1. The predicted octanol–water partition coefficient (Wildman–Crippen LogP) is 2.25. The number of benzene rings is 1. The average Bonchev–Trinajstić information content (AvgIpc) is 2.60. The quantitative estimate of drug-likeness (QED) is 0.770. The summed E-state index contributed by atoms with van der Waals surface area (Å²) in [6, 6.07) is 6.01. The maximum Gasteiger partial charge on any atom is 0.199 e. The van der Waals surface area contributed by atoms with Gasteiger partial charge in [-0.05, 0) is 37.3 Å². The van der Waals surface area contributed by atoms with Gasteiger partial charge in [-0.2, -0.15) is 10.4 Å². The van der Waals surface area contributed by atoms with Crippen molar-refractivity contribution < 1.29 is 4.39 Å². The number of aromatic amines is 1. The summed E-state index contributed by atoms with van der Waals surface area (Å²) in [6.45, 7) is 1.77. The van der Waals surface area contributed by atoms with Crippen LogP contribution in [0.4, 0.5) is 4.39 Å². The molecule has 2 rings (SSSR count). The first-order valence-corrected chi connectivity index (χ1v) is 4.88. The van der Waals surface area contributed by atoms with E-state index in [9.17, 15) is 4.39 Å². The van der Waals surface area contributed by atoms with Crippen LogP contribution in [0.25, 0.3) is 5.69 Å². The van der Waals surface area contributed by atoms with Crippen molar-refractivity contribution in [3.05, 3.63) is 40.2 Å². The molecule has 80 valence electrons. The molecule has 1 heterocycles. The average molecular weight is 234 g/mol. The SMILES string of the molecule is Cc1n[nH]c(=S)n1-c1ccc(F)c(C#N)c1. The van der Waals surface area contributed by atoms with Crippen LogP contribution in [0.1, 0.15) is 11.4 Å². The van der Waals surface area contributed by atoms with E-state index in [2.05, 4.69) is 10.2 Å². The molecule has 0 aliphatic heterocycles. The zero-order valence-corrected chi connectivity index (χ0v) is 9.18. The molecule has 0 amide bonds. The summed E-state index contributed by atoms with van der Waals surface area (Å²) >= 11 is 5.04. The van der Waals surface area contributed by atoms with Gasteiger partial charge in [-0.15, -0.1) is 0 Å². The molecule has 6 heteroatoms. The predicted molar refractivity (Wildman–Crippen MR) is 58.2 cm³/mol. The third kappa shape index (κ3) is 1.61. The van der Waals surface area contributed by atoms with Crippen LogP contribution < -0.4 is 0 Å². The van der Waals surface area contributed by atoms with E-state index >= 15 is 0 Å². The lowest BCUT2D eigenvalue weighted by molar-refractivity contribution is 0.623. The van der Waals surface area contributed by atoms with Gasteiger partial charge in [-0.3, -0.25) is 9.67 Å². The zero-order chi connectivity index (χ0) is 11.7. The number of halogens is 1. The molecule has 0 fully saturated rings. The van der Waals surface area contributed by atoms with Crippen molar-refractivity contribution in [1.29, 1.82) is 5.26 Å². The Hall–Kier alpha value is -2.00.